The molecule has 0 saturated heterocycles. The normalized spacial score (nSPS) is 18.2. The minimum absolute atomic E-state index is 0.197. The number of aliphatic hydroxyl groups excluding tert-OH is 1. The SMILES string of the molecule is CCCCCN1C(=O)C(O)=C(C(=O)CC)C1c1cccnc1. The van der Waals surface area contributed by atoms with Crippen molar-refractivity contribution in [3.63, 3.8) is 0 Å². The zero-order valence-electron chi connectivity index (χ0n) is 13.1. The zero-order chi connectivity index (χ0) is 16.1. The molecule has 118 valence electrons. The van der Waals surface area contributed by atoms with Crippen LogP contribution in [0.15, 0.2) is 35.9 Å². The number of unbranched alkanes of at least 4 members (excludes halogenated alkanes) is 2. The Morgan fingerprint density at radius 2 is 2.14 bits per heavy atom. The largest absolute Gasteiger partial charge is 0.503 e. The summed E-state index contributed by atoms with van der Waals surface area (Å²) in [6.07, 6.45) is 6.44. The van der Waals surface area contributed by atoms with Crippen LogP contribution in [-0.2, 0) is 9.59 Å². The van der Waals surface area contributed by atoms with E-state index in [1.165, 1.54) is 0 Å². The van der Waals surface area contributed by atoms with Crippen LogP contribution < -0.4 is 0 Å². The van der Waals surface area contributed by atoms with E-state index < -0.39 is 17.7 Å². The Balaban J connectivity index is 2.38. The van der Waals surface area contributed by atoms with Crippen molar-refractivity contribution in [3.05, 3.63) is 41.4 Å². The number of aliphatic hydroxyl groups is 1. The highest BCUT2D eigenvalue weighted by atomic mass is 16.3. The molecule has 1 unspecified atom stereocenters. The zero-order valence-corrected chi connectivity index (χ0v) is 13.1. The lowest BCUT2D eigenvalue weighted by molar-refractivity contribution is -0.129. The molecule has 5 heteroatoms. The van der Waals surface area contributed by atoms with Gasteiger partial charge in [-0.15, -0.1) is 0 Å². The van der Waals surface area contributed by atoms with Gasteiger partial charge in [0, 0.05) is 25.4 Å². The monoisotopic (exact) mass is 302 g/mol. The Kier molecular flexibility index (Phi) is 5.31. The summed E-state index contributed by atoms with van der Waals surface area (Å²) in [5.41, 5.74) is 0.963. The lowest BCUT2D eigenvalue weighted by atomic mass is 9.96. The molecule has 2 heterocycles. The molecule has 0 radical (unpaired) electrons. The summed E-state index contributed by atoms with van der Waals surface area (Å²) in [6, 6.07) is 3.08. The fourth-order valence-electron chi connectivity index (χ4n) is 2.78. The highest BCUT2D eigenvalue weighted by Crippen LogP contribution is 2.37. The fourth-order valence-corrected chi connectivity index (χ4v) is 2.78. The second-order valence-corrected chi connectivity index (χ2v) is 5.43. The van der Waals surface area contributed by atoms with Crippen LogP contribution in [0.4, 0.5) is 0 Å². The lowest BCUT2D eigenvalue weighted by Gasteiger charge is -2.26. The van der Waals surface area contributed by atoms with Gasteiger partial charge in [-0.25, -0.2) is 0 Å². The highest BCUT2D eigenvalue weighted by molar-refractivity contribution is 6.08. The van der Waals surface area contributed by atoms with Crippen LogP contribution in [0.2, 0.25) is 0 Å². The van der Waals surface area contributed by atoms with E-state index >= 15 is 0 Å². The van der Waals surface area contributed by atoms with Crippen LogP contribution in [-0.4, -0.2) is 33.2 Å². The Morgan fingerprint density at radius 3 is 2.73 bits per heavy atom. The van der Waals surface area contributed by atoms with Crippen molar-refractivity contribution >= 4 is 11.7 Å². The summed E-state index contributed by atoms with van der Waals surface area (Å²) in [4.78, 5) is 30.2. The second kappa shape index (κ2) is 7.20. The van der Waals surface area contributed by atoms with Crippen LogP contribution in [0, 0.1) is 0 Å². The number of rotatable bonds is 7. The molecule has 1 aliphatic heterocycles. The third kappa shape index (κ3) is 3.03. The molecular formula is C17H22N2O3. The van der Waals surface area contributed by atoms with Gasteiger partial charge in [-0.05, 0) is 18.1 Å². The molecule has 0 aromatic carbocycles. The Bertz CT molecular complexity index is 581. The van der Waals surface area contributed by atoms with Gasteiger partial charge < -0.3 is 10.0 Å². The number of amides is 1. The lowest BCUT2D eigenvalue weighted by Crippen LogP contribution is -2.32. The topological polar surface area (TPSA) is 70.5 Å². The number of Topliss-reactive ketones (excluding diaryl/α,β-unsaturated/α-hetero) is 1. The average molecular weight is 302 g/mol. The van der Waals surface area contributed by atoms with Crippen LogP contribution in [0.5, 0.6) is 0 Å². The predicted octanol–water partition coefficient (Wildman–Crippen LogP) is 2.95. The van der Waals surface area contributed by atoms with E-state index in [-0.39, 0.29) is 17.8 Å². The van der Waals surface area contributed by atoms with Crippen molar-refractivity contribution in [3.8, 4) is 0 Å². The Labute approximate surface area is 130 Å². The van der Waals surface area contributed by atoms with Crippen LogP contribution in [0.3, 0.4) is 0 Å². The van der Waals surface area contributed by atoms with Crippen LogP contribution in [0.1, 0.15) is 51.1 Å². The van der Waals surface area contributed by atoms with Crippen molar-refractivity contribution in [1.29, 1.82) is 0 Å². The molecule has 0 aliphatic carbocycles. The third-order valence-corrected chi connectivity index (χ3v) is 3.93. The first-order chi connectivity index (χ1) is 10.6. The molecule has 1 N–H and O–H groups in total. The molecule has 22 heavy (non-hydrogen) atoms. The molecule has 1 atom stereocenters. The maximum absolute atomic E-state index is 12.4. The summed E-state index contributed by atoms with van der Waals surface area (Å²) in [6.45, 7) is 4.34. The first kappa shape index (κ1) is 16.2. The predicted molar refractivity (Wildman–Crippen MR) is 83.2 cm³/mol. The number of ketones is 1. The molecule has 0 bridgehead atoms. The first-order valence-corrected chi connectivity index (χ1v) is 7.79. The van der Waals surface area contributed by atoms with Crippen LogP contribution in [0.25, 0.3) is 0 Å². The number of aromatic nitrogens is 1. The fraction of sp³-hybridized carbons (Fsp3) is 0.471. The minimum atomic E-state index is -0.523. The number of carbonyl (C=O) groups excluding carboxylic acids is 2. The molecule has 1 aromatic rings. The van der Waals surface area contributed by atoms with Gasteiger partial charge >= 0.3 is 0 Å². The number of pyridine rings is 1. The second-order valence-electron chi connectivity index (χ2n) is 5.43. The number of carbonyl (C=O) groups is 2. The average Bonchev–Trinajstić information content (AvgIpc) is 2.80. The molecular weight excluding hydrogens is 280 g/mol. The summed E-state index contributed by atoms with van der Waals surface area (Å²) in [5, 5.41) is 10.2. The molecule has 0 spiro atoms. The van der Waals surface area contributed by atoms with Gasteiger partial charge in [0.05, 0.1) is 11.6 Å². The number of hydrogen-bond donors (Lipinski definition) is 1. The summed E-state index contributed by atoms with van der Waals surface area (Å²) >= 11 is 0. The summed E-state index contributed by atoms with van der Waals surface area (Å²) in [5.74, 6) is -1.06. The standard InChI is InChI=1S/C17H22N2O3/c1-3-5-6-10-19-15(12-8-7-9-18-11-12)14(13(20)4-2)16(21)17(19)22/h7-9,11,15,21H,3-6,10H2,1-2H3. The van der Waals surface area contributed by atoms with E-state index in [1.54, 1.807) is 30.3 Å². The van der Waals surface area contributed by atoms with Gasteiger partial charge in [0.1, 0.15) is 0 Å². The number of hydrogen-bond acceptors (Lipinski definition) is 4. The maximum Gasteiger partial charge on any atom is 0.290 e. The molecule has 2 rings (SSSR count). The third-order valence-electron chi connectivity index (χ3n) is 3.93. The van der Waals surface area contributed by atoms with Crippen molar-refractivity contribution in [2.45, 2.75) is 45.6 Å². The smallest absolute Gasteiger partial charge is 0.290 e. The van der Waals surface area contributed by atoms with Crippen LogP contribution >= 0.6 is 0 Å². The molecule has 1 aliphatic rings. The van der Waals surface area contributed by atoms with E-state index in [1.807, 2.05) is 6.07 Å². The van der Waals surface area contributed by atoms with E-state index in [0.29, 0.717) is 6.54 Å². The van der Waals surface area contributed by atoms with Crippen molar-refractivity contribution < 1.29 is 14.7 Å². The van der Waals surface area contributed by atoms with Crippen molar-refractivity contribution in [2.24, 2.45) is 0 Å². The Hall–Kier alpha value is -2.17. The van der Waals surface area contributed by atoms with Gasteiger partial charge in [-0.3, -0.25) is 14.6 Å². The summed E-state index contributed by atoms with van der Waals surface area (Å²) < 4.78 is 0. The van der Waals surface area contributed by atoms with E-state index in [9.17, 15) is 14.7 Å². The van der Waals surface area contributed by atoms with E-state index in [0.717, 1.165) is 24.8 Å². The van der Waals surface area contributed by atoms with Gasteiger partial charge in [0.25, 0.3) is 5.91 Å². The van der Waals surface area contributed by atoms with Gasteiger partial charge in [0.15, 0.2) is 11.5 Å². The molecule has 5 nitrogen and oxygen atoms in total. The maximum atomic E-state index is 12.4. The van der Waals surface area contributed by atoms with Gasteiger partial charge in [-0.1, -0.05) is 32.8 Å². The molecule has 0 fully saturated rings. The quantitative estimate of drug-likeness (QED) is 0.786. The van der Waals surface area contributed by atoms with Gasteiger partial charge in [0.2, 0.25) is 0 Å². The van der Waals surface area contributed by atoms with E-state index in [4.69, 9.17) is 0 Å². The first-order valence-electron chi connectivity index (χ1n) is 7.79. The molecule has 0 saturated carbocycles. The van der Waals surface area contributed by atoms with E-state index in [2.05, 4.69) is 11.9 Å². The Morgan fingerprint density at radius 1 is 1.36 bits per heavy atom. The van der Waals surface area contributed by atoms with Crippen molar-refractivity contribution in [1.82, 2.24) is 9.88 Å². The number of nitrogens with zero attached hydrogens (tertiary/aromatic N) is 2. The minimum Gasteiger partial charge on any atom is -0.503 e. The summed E-state index contributed by atoms with van der Waals surface area (Å²) in [7, 11) is 0. The van der Waals surface area contributed by atoms with Crippen molar-refractivity contribution in [2.75, 3.05) is 6.54 Å². The molecule has 1 amide bonds. The van der Waals surface area contributed by atoms with Gasteiger partial charge in [-0.2, -0.15) is 0 Å². The highest BCUT2D eigenvalue weighted by Gasteiger charge is 2.42. The molecule has 1 aromatic heterocycles.